The van der Waals surface area contributed by atoms with Crippen LogP contribution in [0, 0.1) is 5.92 Å². The van der Waals surface area contributed by atoms with Crippen molar-refractivity contribution in [3.05, 3.63) is 29.0 Å². The van der Waals surface area contributed by atoms with Crippen molar-refractivity contribution in [2.24, 2.45) is 5.92 Å². The number of rotatable bonds is 2. The Balaban J connectivity index is 2.02. The van der Waals surface area contributed by atoms with E-state index in [1.54, 1.807) is 12.3 Å². The van der Waals surface area contributed by atoms with E-state index in [2.05, 4.69) is 27.8 Å². The summed E-state index contributed by atoms with van der Waals surface area (Å²) in [5, 5.41) is 0.429. The van der Waals surface area contributed by atoms with Crippen LogP contribution in [0.15, 0.2) is 18.5 Å². The van der Waals surface area contributed by atoms with Crippen LogP contribution in [0.1, 0.15) is 30.1 Å². The van der Waals surface area contributed by atoms with Crippen LogP contribution in [0.25, 0.3) is 0 Å². The second-order valence-corrected chi connectivity index (χ2v) is 6.51. The normalized spacial score (nSPS) is 18.7. The molecular weight excluding hydrogens is 316 g/mol. The van der Waals surface area contributed by atoms with Crippen molar-refractivity contribution in [2.45, 2.75) is 24.6 Å². The molecule has 1 aliphatic heterocycles. The molecule has 1 fully saturated rings. The first-order valence-electron chi connectivity index (χ1n) is 6.12. The summed E-state index contributed by atoms with van der Waals surface area (Å²) < 4.78 is 0. The van der Waals surface area contributed by atoms with Gasteiger partial charge in [0.25, 0.3) is 5.91 Å². The Morgan fingerprint density at radius 2 is 2.22 bits per heavy atom. The molecule has 1 aromatic heterocycles. The third kappa shape index (κ3) is 3.04. The highest BCUT2D eigenvalue weighted by Gasteiger charge is 2.26. The number of carbonyl (C=O) groups excluding carboxylic acids is 1. The number of piperidine rings is 1. The zero-order valence-corrected chi connectivity index (χ0v) is 12.6. The van der Waals surface area contributed by atoms with Gasteiger partial charge in [0.1, 0.15) is 0 Å². The lowest BCUT2D eigenvalue weighted by Gasteiger charge is -2.33. The summed E-state index contributed by atoms with van der Waals surface area (Å²) in [5.74, 6) is 0.671. The summed E-state index contributed by atoms with van der Waals surface area (Å²) >= 11 is 9.62. The van der Waals surface area contributed by atoms with Gasteiger partial charge in [-0.3, -0.25) is 9.78 Å². The van der Waals surface area contributed by atoms with Gasteiger partial charge in [-0.2, -0.15) is 0 Å². The van der Waals surface area contributed by atoms with Crippen LogP contribution in [0.5, 0.6) is 0 Å². The lowest BCUT2D eigenvalue weighted by Crippen LogP contribution is -2.40. The number of nitrogens with zero attached hydrogens (tertiary/aromatic N) is 2. The lowest BCUT2D eigenvalue weighted by atomic mass is 9.94. The third-order valence-corrected chi connectivity index (χ3v) is 4.53. The first-order valence-corrected chi connectivity index (χ1v) is 7.42. The molecule has 0 saturated carbocycles. The van der Waals surface area contributed by atoms with Gasteiger partial charge in [0.2, 0.25) is 0 Å². The standard InChI is InChI=1S/C13H16BrClN2O/c1-9(14)10-3-6-17(7-4-10)13(18)11-2-5-16-8-12(11)15/h2,5,8-10H,3-4,6-7H2,1H3. The largest absolute Gasteiger partial charge is 0.339 e. The fourth-order valence-corrected chi connectivity index (χ4v) is 3.01. The van der Waals surface area contributed by atoms with E-state index in [-0.39, 0.29) is 5.91 Å². The second-order valence-electron chi connectivity index (χ2n) is 4.66. The summed E-state index contributed by atoms with van der Waals surface area (Å²) in [7, 11) is 0. The first kappa shape index (κ1) is 13.8. The van der Waals surface area contributed by atoms with Gasteiger partial charge in [-0.15, -0.1) is 0 Å². The number of pyridine rings is 1. The van der Waals surface area contributed by atoms with Gasteiger partial charge in [-0.1, -0.05) is 34.5 Å². The van der Waals surface area contributed by atoms with E-state index >= 15 is 0 Å². The van der Waals surface area contributed by atoms with Gasteiger partial charge in [-0.05, 0) is 24.8 Å². The van der Waals surface area contributed by atoms with Crippen molar-refractivity contribution in [3.63, 3.8) is 0 Å². The molecule has 1 amide bonds. The monoisotopic (exact) mass is 330 g/mol. The van der Waals surface area contributed by atoms with Crippen LogP contribution < -0.4 is 0 Å². The molecular formula is C13H16BrClN2O. The Hall–Kier alpha value is -0.610. The molecule has 0 radical (unpaired) electrons. The van der Waals surface area contributed by atoms with Gasteiger partial charge in [-0.25, -0.2) is 0 Å². The fourth-order valence-electron chi connectivity index (χ4n) is 2.28. The molecule has 0 aromatic carbocycles. The Labute approximate surface area is 121 Å². The van der Waals surface area contributed by atoms with Crippen molar-refractivity contribution in [1.82, 2.24) is 9.88 Å². The van der Waals surface area contributed by atoms with Gasteiger partial charge in [0.05, 0.1) is 10.6 Å². The second kappa shape index (κ2) is 6.02. The molecule has 0 spiro atoms. The minimum absolute atomic E-state index is 0.0167. The van der Waals surface area contributed by atoms with Crippen molar-refractivity contribution in [1.29, 1.82) is 0 Å². The molecule has 1 aliphatic rings. The smallest absolute Gasteiger partial charge is 0.255 e. The fraction of sp³-hybridized carbons (Fsp3) is 0.538. The number of halogens is 2. The zero-order chi connectivity index (χ0) is 13.1. The molecule has 1 atom stereocenters. The zero-order valence-electron chi connectivity index (χ0n) is 10.3. The average Bonchev–Trinajstić information content (AvgIpc) is 2.38. The van der Waals surface area contributed by atoms with E-state index in [9.17, 15) is 4.79 Å². The minimum atomic E-state index is 0.0167. The Morgan fingerprint density at radius 3 is 2.78 bits per heavy atom. The number of alkyl halides is 1. The summed E-state index contributed by atoms with van der Waals surface area (Å²) in [6.07, 6.45) is 5.20. The Morgan fingerprint density at radius 1 is 1.56 bits per heavy atom. The molecule has 2 heterocycles. The number of aromatic nitrogens is 1. The topological polar surface area (TPSA) is 33.2 Å². The molecule has 3 nitrogen and oxygen atoms in total. The Kier molecular flexibility index (Phi) is 4.62. The maximum absolute atomic E-state index is 12.3. The summed E-state index contributed by atoms with van der Waals surface area (Å²) in [4.78, 5) is 18.6. The van der Waals surface area contributed by atoms with Crippen molar-refractivity contribution < 1.29 is 4.79 Å². The quantitative estimate of drug-likeness (QED) is 0.779. The molecule has 0 aliphatic carbocycles. The number of hydrogen-bond donors (Lipinski definition) is 0. The Bertz CT molecular complexity index is 431. The van der Waals surface area contributed by atoms with Crippen LogP contribution in [0.2, 0.25) is 5.02 Å². The van der Waals surface area contributed by atoms with Crippen LogP contribution in [0.3, 0.4) is 0 Å². The molecule has 5 heteroatoms. The molecule has 0 bridgehead atoms. The highest BCUT2D eigenvalue weighted by molar-refractivity contribution is 9.09. The molecule has 18 heavy (non-hydrogen) atoms. The number of amides is 1. The minimum Gasteiger partial charge on any atom is -0.339 e. The molecule has 1 aromatic rings. The summed E-state index contributed by atoms with van der Waals surface area (Å²) in [5.41, 5.74) is 0.553. The first-order chi connectivity index (χ1) is 8.59. The van der Waals surface area contributed by atoms with Gasteiger partial charge < -0.3 is 4.90 Å². The molecule has 1 unspecified atom stereocenters. The van der Waals surface area contributed by atoms with E-state index in [1.807, 2.05) is 4.90 Å². The highest BCUT2D eigenvalue weighted by Crippen LogP contribution is 2.26. The molecule has 0 N–H and O–H groups in total. The van der Waals surface area contributed by atoms with Gasteiger partial charge >= 0.3 is 0 Å². The number of hydrogen-bond acceptors (Lipinski definition) is 2. The number of carbonyl (C=O) groups is 1. The molecule has 2 rings (SSSR count). The van der Waals surface area contributed by atoms with Gasteiger partial charge in [0.15, 0.2) is 0 Å². The van der Waals surface area contributed by atoms with Crippen LogP contribution >= 0.6 is 27.5 Å². The highest BCUT2D eigenvalue weighted by atomic mass is 79.9. The average molecular weight is 332 g/mol. The number of likely N-dealkylation sites (tertiary alicyclic amines) is 1. The van der Waals surface area contributed by atoms with E-state index < -0.39 is 0 Å². The van der Waals surface area contributed by atoms with E-state index in [1.165, 1.54) is 6.20 Å². The predicted molar refractivity (Wildman–Crippen MR) is 76.3 cm³/mol. The van der Waals surface area contributed by atoms with Crippen molar-refractivity contribution in [2.75, 3.05) is 13.1 Å². The lowest BCUT2D eigenvalue weighted by molar-refractivity contribution is 0.0691. The predicted octanol–water partition coefficient (Wildman–Crippen LogP) is 3.37. The van der Waals surface area contributed by atoms with Gasteiger partial charge in [0, 0.05) is 30.3 Å². The van der Waals surface area contributed by atoms with E-state index in [4.69, 9.17) is 11.6 Å². The van der Waals surface area contributed by atoms with E-state index in [0.29, 0.717) is 21.3 Å². The molecule has 1 saturated heterocycles. The van der Waals surface area contributed by atoms with Crippen LogP contribution in [0.4, 0.5) is 0 Å². The maximum atomic E-state index is 12.3. The summed E-state index contributed by atoms with van der Waals surface area (Å²) in [6.45, 7) is 3.78. The molecule has 98 valence electrons. The maximum Gasteiger partial charge on any atom is 0.255 e. The summed E-state index contributed by atoms with van der Waals surface area (Å²) in [6, 6.07) is 1.68. The van der Waals surface area contributed by atoms with Crippen molar-refractivity contribution in [3.8, 4) is 0 Å². The van der Waals surface area contributed by atoms with Crippen LogP contribution in [-0.4, -0.2) is 33.7 Å². The SMILES string of the molecule is CC(Br)C1CCN(C(=O)c2ccncc2Cl)CC1. The van der Waals surface area contributed by atoms with Crippen LogP contribution in [-0.2, 0) is 0 Å². The third-order valence-electron chi connectivity index (χ3n) is 3.48. The van der Waals surface area contributed by atoms with Crippen molar-refractivity contribution >= 4 is 33.4 Å². The van der Waals surface area contributed by atoms with E-state index in [0.717, 1.165) is 25.9 Å².